The minimum absolute atomic E-state index is 0.188. The van der Waals surface area contributed by atoms with E-state index in [0.717, 1.165) is 51.4 Å². The quantitative estimate of drug-likeness (QED) is 0.189. The van der Waals surface area contributed by atoms with Gasteiger partial charge in [-0.2, -0.15) is 8.42 Å². The average Bonchev–Trinajstić information content (AvgIpc) is 3.36. The molecular formula is C25H44O7S. The van der Waals surface area contributed by atoms with Gasteiger partial charge in [0.05, 0.1) is 17.1 Å². The highest BCUT2D eigenvalue weighted by molar-refractivity contribution is 7.86. The molecule has 0 saturated heterocycles. The number of ether oxygens (including phenoxy) is 2. The summed E-state index contributed by atoms with van der Waals surface area (Å²) in [5.41, 5.74) is 0. The van der Waals surface area contributed by atoms with E-state index in [9.17, 15) is 22.6 Å². The topological polar surface area (TPSA) is 107 Å². The molecular weight excluding hydrogens is 444 g/mol. The normalized spacial score (nSPS) is 28.5. The van der Waals surface area contributed by atoms with Crippen molar-refractivity contribution in [3.05, 3.63) is 0 Å². The number of carbonyl (C=O) groups is 2. The molecule has 0 amide bonds. The van der Waals surface area contributed by atoms with E-state index in [1.54, 1.807) is 0 Å². The molecule has 7 nitrogen and oxygen atoms in total. The van der Waals surface area contributed by atoms with Crippen molar-refractivity contribution in [3.8, 4) is 0 Å². The molecule has 2 aliphatic carbocycles. The fourth-order valence-corrected chi connectivity index (χ4v) is 6.94. The van der Waals surface area contributed by atoms with Crippen LogP contribution in [-0.2, 0) is 29.2 Å². The second kappa shape index (κ2) is 13.1. The van der Waals surface area contributed by atoms with E-state index < -0.39 is 45.1 Å². The average molecular weight is 489 g/mol. The summed E-state index contributed by atoms with van der Waals surface area (Å²) in [5.74, 6) is -3.41. The lowest BCUT2D eigenvalue weighted by molar-refractivity contribution is -0.170. The van der Waals surface area contributed by atoms with Crippen LogP contribution in [0, 0.1) is 23.7 Å². The van der Waals surface area contributed by atoms with Crippen LogP contribution in [-0.4, -0.2) is 42.4 Å². The number of hydrogen-bond acceptors (Lipinski definition) is 6. The Hall–Kier alpha value is -1.15. The largest absolute Gasteiger partial charge is 0.462 e. The summed E-state index contributed by atoms with van der Waals surface area (Å²) in [5, 5.41) is -1.02. The Kier molecular flexibility index (Phi) is 11.1. The van der Waals surface area contributed by atoms with Crippen molar-refractivity contribution < 1.29 is 32.0 Å². The molecule has 0 aromatic rings. The van der Waals surface area contributed by atoms with E-state index in [2.05, 4.69) is 13.8 Å². The molecule has 2 bridgehead atoms. The van der Waals surface area contributed by atoms with Gasteiger partial charge in [-0.1, -0.05) is 53.4 Å². The molecule has 2 fully saturated rings. The lowest BCUT2D eigenvalue weighted by Gasteiger charge is -2.33. The standard InChI is InChI=1S/C25H44O7S/c1-5-9-11-13-18(7-3)31-24(26)22-17-15-20(21(16-17)33(28,29)30)23(22)25(27)32-19(8-4)14-12-10-6-2/h17-23H,5-16H2,1-4H3,(H,28,29,30)/t17-,18+,19+,20+,21+,22-,23-/m0/s1. The first kappa shape index (κ1) is 28.1. The molecule has 0 aromatic carbocycles. The van der Waals surface area contributed by atoms with Gasteiger partial charge in [-0.05, 0) is 63.2 Å². The number of unbranched alkanes of at least 4 members (excludes halogenated alkanes) is 4. The number of esters is 2. The zero-order valence-electron chi connectivity index (χ0n) is 20.8. The van der Waals surface area contributed by atoms with E-state index >= 15 is 0 Å². The molecule has 2 rings (SSSR count). The summed E-state index contributed by atoms with van der Waals surface area (Å²) in [6.07, 6.45) is 9.28. The molecule has 0 aliphatic heterocycles. The fourth-order valence-electron chi connectivity index (χ4n) is 5.73. The Morgan fingerprint density at radius 2 is 1.30 bits per heavy atom. The van der Waals surface area contributed by atoms with Crippen LogP contribution in [0.25, 0.3) is 0 Å². The van der Waals surface area contributed by atoms with Gasteiger partial charge in [-0.25, -0.2) is 0 Å². The maximum absolute atomic E-state index is 13.3. The molecule has 0 spiro atoms. The summed E-state index contributed by atoms with van der Waals surface area (Å²) in [6.45, 7) is 8.17. The van der Waals surface area contributed by atoms with Crippen LogP contribution in [0.4, 0.5) is 0 Å². The maximum Gasteiger partial charge on any atom is 0.310 e. The number of fused-ring (bicyclic) bond motifs is 2. The molecule has 7 atom stereocenters. The number of rotatable bonds is 15. The third kappa shape index (κ3) is 7.41. The molecule has 0 aromatic heterocycles. The van der Waals surface area contributed by atoms with Gasteiger partial charge in [0.15, 0.2) is 0 Å². The first-order valence-corrected chi connectivity index (χ1v) is 14.5. The third-order valence-corrected chi connectivity index (χ3v) is 8.91. The summed E-state index contributed by atoms with van der Waals surface area (Å²) >= 11 is 0. The first-order valence-electron chi connectivity index (χ1n) is 13.0. The van der Waals surface area contributed by atoms with Crippen LogP contribution < -0.4 is 0 Å². The van der Waals surface area contributed by atoms with Gasteiger partial charge < -0.3 is 9.47 Å². The Labute approximate surface area is 200 Å². The fraction of sp³-hybridized carbons (Fsp3) is 0.920. The van der Waals surface area contributed by atoms with Gasteiger partial charge in [0.2, 0.25) is 0 Å². The van der Waals surface area contributed by atoms with Crippen LogP contribution in [0.15, 0.2) is 0 Å². The summed E-state index contributed by atoms with van der Waals surface area (Å²) in [6, 6.07) is 0. The van der Waals surface area contributed by atoms with Gasteiger partial charge in [-0.15, -0.1) is 0 Å². The van der Waals surface area contributed by atoms with E-state index in [4.69, 9.17) is 9.47 Å². The zero-order chi connectivity index (χ0) is 24.6. The lowest BCUT2D eigenvalue weighted by Crippen LogP contribution is -2.45. The van der Waals surface area contributed by atoms with Crippen LogP contribution in [0.5, 0.6) is 0 Å². The van der Waals surface area contributed by atoms with Gasteiger partial charge >= 0.3 is 11.9 Å². The van der Waals surface area contributed by atoms with Gasteiger partial charge in [0, 0.05) is 0 Å². The van der Waals surface area contributed by atoms with Crippen molar-refractivity contribution in [2.45, 2.75) is 122 Å². The second-order valence-electron chi connectivity index (χ2n) is 9.93. The predicted octanol–water partition coefficient (Wildman–Crippen LogP) is 5.32. The molecule has 192 valence electrons. The van der Waals surface area contributed by atoms with Crippen molar-refractivity contribution in [1.82, 2.24) is 0 Å². The van der Waals surface area contributed by atoms with Crippen LogP contribution >= 0.6 is 0 Å². The Bertz CT molecular complexity index is 735. The second-order valence-corrected chi connectivity index (χ2v) is 11.6. The van der Waals surface area contributed by atoms with Crippen molar-refractivity contribution in [3.63, 3.8) is 0 Å². The van der Waals surface area contributed by atoms with Gasteiger partial charge in [0.1, 0.15) is 12.2 Å². The highest BCUT2D eigenvalue weighted by atomic mass is 32.2. The van der Waals surface area contributed by atoms with E-state index in [-0.39, 0.29) is 24.5 Å². The summed E-state index contributed by atoms with van der Waals surface area (Å²) in [4.78, 5) is 26.5. The third-order valence-electron chi connectivity index (χ3n) is 7.61. The monoisotopic (exact) mass is 488 g/mol. The number of hydrogen-bond donors (Lipinski definition) is 1. The molecule has 0 heterocycles. The van der Waals surface area contributed by atoms with Gasteiger partial charge in [0.25, 0.3) is 10.1 Å². The van der Waals surface area contributed by atoms with Crippen molar-refractivity contribution >= 4 is 22.1 Å². The van der Waals surface area contributed by atoms with Crippen LogP contribution in [0.2, 0.25) is 0 Å². The van der Waals surface area contributed by atoms with Crippen molar-refractivity contribution in [2.75, 3.05) is 0 Å². The van der Waals surface area contributed by atoms with E-state index in [1.165, 1.54) is 0 Å². The van der Waals surface area contributed by atoms with Crippen LogP contribution in [0.1, 0.15) is 105 Å². The molecule has 2 saturated carbocycles. The lowest BCUT2D eigenvalue weighted by atomic mass is 9.79. The summed E-state index contributed by atoms with van der Waals surface area (Å²) in [7, 11) is -4.30. The molecule has 1 N–H and O–H groups in total. The maximum atomic E-state index is 13.3. The Morgan fingerprint density at radius 3 is 1.73 bits per heavy atom. The SMILES string of the molecule is CCCCC[C@@H](CC)OC(=O)[C@H]1[C@H]2C[C@@H]([C@@H]1C(=O)O[C@H](CC)CCCCC)[C@H](S(=O)(=O)O)C2. The smallest absolute Gasteiger partial charge is 0.310 e. The zero-order valence-corrected chi connectivity index (χ0v) is 21.6. The van der Waals surface area contributed by atoms with E-state index in [0.29, 0.717) is 19.3 Å². The molecule has 8 heteroatoms. The van der Waals surface area contributed by atoms with Crippen molar-refractivity contribution in [1.29, 1.82) is 0 Å². The Morgan fingerprint density at radius 1 is 0.818 bits per heavy atom. The van der Waals surface area contributed by atoms with Crippen molar-refractivity contribution in [2.24, 2.45) is 23.7 Å². The van der Waals surface area contributed by atoms with Gasteiger partial charge in [-0.3, -0.25) is 14.1 Å². The Balaban J connectivity index is 2.17. The minimum Gasteiger partial charge on any atom is -0.462 e. The molecule has 2 aliphatic rings. The highest BCUT2D eigenvalue weighted by Gasteiger charge is 2.62. The molecule has 0 radical (unpaired) electrons. The first-order chi connectivity index (χ1) is 15.7. The van der Waals surface area contributed by atoms with Crippen LogP contribution in [0.3, 0.4) is 0 Å². The highest BCUT2D eigenvalue weighted by Crippen LogP contribution is 2.55. The number of carbonyl (C=O) groups excluding carboxylic acids is 2. The molecule has 33 heavy (non-hydrogen) atoms. The summed E-state index contributed by atoms with van der Waals surface area (Å²) < 4.78 is 45.3. The minimum atomic E-state index is -4.30. The predicted molar refractivity (Wildman–Crippen MR) is 127 cm³/mol. The molecule has 0 unspecified atom stereocenters. The van der Waals surface area contributed by atoms with E-state index in [1.807, 2.05) is 13.8 Å².